The van der Waals surface area contributed by atoms with Crippen molar-refractivity contribution in [2.24, 2.45) is 5.92 Å². The van der Waals surface area contributed by atoms with Crippen LogP contribution < -0.4 is 5.32 Å². The molecule has 2 aromatic rings. The molecule has 8 heteroatoms. The highest BCUT2D eigenvalue weighted by molar-refractivity contribution is 7.16. The molecule has 2 heterocycles. The van der Waals surface area contributed by atoms with Gasteiger partial charge in [0.05, 0.1) is 25.5 Å². The van der Waals surface area contributed by atoms with E-state index >= 15 is 0 Å². The van der Waals surface area contributed by atoms with Gasteiger partial charge in [0, 0.05) is 16.5 Å². The van der Waals surface area contributed by atoms with Crippen molar-refractivity contribution < 1.29 is 18.7 Å². The van der Waals surface area contributed by atoms with Crippen molar-refractivity contribution in [1.82, 2.24) is 10.3 Å². The van der Waals surface area contributed by atoms with Crippen molar-refractivity contribution in [1.29, 1.82) is 0 Å². The van der Waals surface area contributed by atoms with Crippen molar-refractivity contribution in [3.05, 3.63) is 40.1 Å². The average Bonchev–Trinajstić information content (AvgIpc) is 2.98. The summed E-state index contributed by atoms with van der Waals surface area (Å²) >= 11 is 6.97. The molecule has 1 aromatic heterocycles. The molecular weight excluding hydrogens is 367 g/mol. The largest absolute Gasteiger partial charge is 0.381 e. The fraction of sp³-hybridized carbons (Fsp3) is 0.353. The van der Waals surface area contributed by atoms with Gasteiger partial charge >= 0.3 is 0 Å². The van der Waals surface area contributed by atoms with E-state index in [-0.39, 0.29) is 16.7 Å². The molecule has 3 rings (SSSR count). The minimum Gasteiger partial charge on any atom is -0.381 e. The summed E-state index contributed by atoms with van der Waals surface area (Å²) in [6.45, 7) is 2.69. The number of aromatic nitrogens is 1. The van der Waals surface area contributed by atoms with Crippen LogP contribution in [0.1, 0.15) is 23.0 Å². The van der Waals surface area contributed by atoms with Crippen LogP contribution in [-0.2, 0) is 9.53 Å². The number of Topliss-reactive ketones (excluding diaryl/α,β-unsaturated/α-hetero) is 1. The lowest BCUT2D eigenvalue weighted by atomic mass is 9.96. The monoisotopic (exact) mass is 382 g/mol. The molecule has 1 aromatic carbocycles. The lowest BCUT2D eigenvalue weighted by molar-refractivity contribution is -0.120. The molecule has 0 saturated carbocycles. The number of carbonyl (C=O) groups is 2. The first-order chi connectivity index (χ1) is 11.9. The van der Waals surface area contributed by atoms with Crippen LogP contribution in [0.15, 0.2) is 24.4 Å². The average molecular weight is 383 g/mol. The van der Waals surface area contributed by atoms with Gasteiger partial charge < -0.3 is 10.1 Å². The number of hydrogen-bond donors (Lipinski definition) is 1. The van der Waals surface area contributed by atoms with Crippen LogP contribution in [-0.4, -0.2) is 35.9 Å². The minimum absolute atomic E-state index is 0.0955. The lowest BCUT2D eigenvalue weighted by Gasteiger charge is -2.29. The SMILES string of the molecule is CC(=O)C(CC1COC1)NC(=O)c1cnc(-c2cc(F)cc(Cl)c2)s1. The number of amides is 1. The summed E-state index contributed by atoms with van der Waals surface area (Å²) in [4.78, 5) is 28.7. The Hall–Kier alpha value is -1.83. The number of ether oxygens (including phenoxy) is 1. The fourth-order valence-electron chi connectivity index (χ4n) is 2.50. The number of ketones is 1. The summed E-state index contributed by atoms with van der Waals surface area (Å²) in [6, 6.07) is 3.55. The molecule has 0 bridgehead atoms. The van der Waals surface area contributed by atoms with Gasteiger partial charge in [-0.15, -0.1) is 11.3 Å². The van der Waals surface area contributed by atoms with E-state index < -0.39 is 11.9 Å². The van der Waals surface area contributed by atoms with Crippen molar-refractivity contribution >= 4 is 34.6 Å². The van der Waals surface area contributed by atoms with Crippen molar-refractivity contribution in [3.63, 3.8) is 0 Å². The maximum absolute atomic E-state index is 13.5. The molecule has 1 saturated heterocycles. The van der Waals surface area contributed by atoms with Crippen LogP contribution in [0, 0.1) is 11.7 Å². The molecule has 0 aliphatic carbocycles. The molecule has 1 atom stereocenters. The van der Waals surface area contributed by atoms with E-state index in [4.69, 9.17) is 16.3 Å². The molecule has 0 spiro atoms. The number of nitrogens with one attached hydrogen (secondary N) is 1. The van der Waals surface area contributed by atoms with E-state index in [2.05, 4.69) is 10.3 Å². The fourth-order valence-corrected chi connectivity index (χ4v) is 3.53. The zero-order valence-electron chi connectivity index (χ0n) is 13.4. The van der Waals surface area contributed by atoms with E-state index in [0.717, 1.165) is 11.3 Å². The lowest BCUT2D eigenvalue weighted by Crippen LogP contribution is -2.44. The number of benzene rings is 1. The quantitative estimate of drug-likeness (QED) is 0.832. The predicted octanol–water partition coefficient (Wildman–Crippen LogP) is 3.33. The predicted molar refractivity (Wildman–Crippen MR) is 93.4 cm³/mol. The van der Waals surface area contributed by atoms with Gasteiger partial charge in [0.15, 0.2) is 5.78 Å². The third-order valence-corrected chi connectivity index (χ3v) is 5.17. The number of thiazole rings is 1. The topological polar surface area (TPSA) is 68.3 Å². The second-order valence-corrected chi connectivity index (χ2v) is 7.43. The van der Waals surface area contributed by atoms with E-state index in [0.29, 0.717) is 41.0 Å². The number of carbonyl (C=O) groups excluding carboxylic acids is 2. The van der Waals surface area contributed by atoms with Crippen LogP contribution in [0.2, 0.25) is 5.02 Å². The summed E-state index contributed by atoms with van der Waals surface area (Å²) in [5, 5.41) is 3.49. The first kappa shape index (κ1) is 18.0. The molecule has 1 amide bonds. The number of halogens is 2. The molecule has 5 nitrogen and oxygen atoms in total. The Morgan fingerprint density at radius 2 is 2.20 bits per heavy atom. The third kappa shape index (κ3) is 4.42. The van der Waals surface area contributed by atoms with Gasteiger partial charge in [0.25, 0.3) is 5.91 Å². The molecule has 132 valence electrons. The van der Waals surface area contributed by atoms with Crippen molar-refractivity contribution in [3.8, 4) is 10.6 Å². The summed E-state index contributed by atoms with van der Waals surface area (Å²) in [5.74, 6) is -0.641. The van der Waals surface area contributed by atoms with Gasteiger partial charge in [0.1, 0.15) is 15.7 Å². The molecule has 1 fully saturated rings. The minimum atomic E-state index is -0.546. The smallest absolute Gasteiger partial charge is 0.263 e. The summed E-state index contributed by atoms with van der Waals surface area (Å²) < 4.78 is 18.6. The Labute approximate surface area is 153 Å². The van der Waals surface area contributed by atoms with Crippen LogP contribution in [0.4, 0.5) is 4.39 Å². The van der Waals surface area contributed by atoms with Crippen LogP contribution in [0.5, 0.6) is 0 Å². The van der Waals surface area contributed by atoms with E-state index in [1.807, 2.05) is 0 Å². The highest BCUT2D eigenvalue weighted by Gasteiger charge is 2.27. The first-order valence-electron chi connectivity index (χ1n) is 7.73. The molecule has 1 aliphatic rings. The molecule has 25 heavy (non-hydrogen) atoms. The van der Waals surface area contributed by atoms with Crippen molar-refractivity contribution in [2.75, 3.05) is 13.2 Å². The maximum atomic E-state index is 13.5. The second kappa shape index (κ2) is 7.59. The Morgan fingerprint density at radius 1 is 1.44 bits per heavy atom. The standard InChI is InChI=1S/C17H16ClFN2O3S/c1-9(22)14(2-10-7-24-8-10)21-16(23)15-6-20-17(25-15)11-3-12(18)5-13(19)4-11/h3-6,10,14H,2,7-8H2,1H3,(H,21,23). The molecule has 1 aliphatic heterocycles. The third-order valence-electron chi connectivity index (χ3n) is 3.91. The highest BCUT2D eigenvalue weighted by Crippen LogP contribution is 2.28. The molecule has 1 unspecified atom stereocenters. The molecule has 0 radical (unpaired) electrons. The van der Waals surface area contributed by atoms with Gasteiger partial charge in [0.2, 0.25) is 0 Å². The molecular formula is C17H16ClFN2O3S. The Bertz CT molecular complexity index is 787. The van der Waals surface area contributed by atoms with Crippen molar-refractivity contribution in [2.45, 2.75) is 19.4 Å². The van der Waals surface area contributed by atoms with Gasteiger partial charge in [-0.25, -0.2) is 9.37 Å². The van der Waals surface area contributed by atoms with Crippen LogP contribution >= 0.6 is 22.9 Å². The van der Waals surface area contributed by atoms with Crippen LogP contribution in [0.25, 0.3) is 10.6 Å². The van der Waals surface area contributed by atoms with Gasteiger partial charge in [-0.05, 0) is 31.5 Å². The Kier molecular flexibility index (Phi) is 5.46. The summed E-state index contributed by atoms with van der Waals surface area (Å²) in [5.41, 5.74) is 0.504. The summed E-state index contributed by atoms with van der Waals surface area (Å²) in [6.07, 6.45) is 1.98. The Balaban J connectivity index is 1.72. The van der Waals surface area contributed by atoms with E-state index in [1.54, 1.807) is 6.07 Å². The number of nitrogens with zero attached hydrogens (tertiary/aromatic N) is 1. The highest BCUT2D eigenvalue weighted by atomic mass is 35.5. The van der Waals surface area contributed by atoms with Gasteiger partial charge in [-0.3, -0.25) is 9.59 Å². The Morgan fingerprint density at radius 3 is 2.80 bits per heavy atom. The number of rotatable bonds is 6. The van der Waals surface area contributed by atoms with Gasteiger partial charge in [-0.2, -0.15) is 0 Å². The molecule has 1 N–H and O–H groups in total. The zero-order chi connectivity index (χ0) is 18.0. The zero-order valence-corrected chi connectivity index (χ0v) is 15.0. The maximum Gasteiger partial charge on any atom is 0.263 e. The first-order valence-corrected chi connectivity index (χ1v) is 8.93. The number of hydrogen-bond acceptors (Lipinski definition) is 5. The summed E-state index contributed by atoms with van der Waals surface area (Å²) in [7, 11) is 0. The van der Waals surface area contributed by atoms with Gasteiger partial charge in [-0.1, -0.05) is 11.6 Å². The normalized spacial score (nSPS) is 15.5. The second-order valence-electron chi connectivity index (χ2n) is 5.96. The van der Waals surface area contributed by atoms with E-state index in [1.165, 1.54) is 25.3 Å². The van der Waals surface area contributed by atoms with E-state index in [9.17, 15) is 14.0 Å². The van der Waals surface area contributed by atoms with Crippen LogP contribution in [0.3, 0.4) is 0 Å².